The van der Waals surface area contributed by atoms with Gasteiger partial charge in [0.2, 0.25) is 5.91 Å². The van der Waals surface area contributed by atoms with Gasteiger partial charge in [-0.25, -0.2) is 0 Å². The van der Waals surface area contributed by atoms with Crippen molar-refractivity contribution in [3.63, 3.8) is 0 Å². The Morgan fingerprint density at radius 1 is 1.12 bits per heavy atom. The highest BCUT2D eigenvalue weighted by atomic mass is 79.9. The van der Waals surface area contributed by atoms with Crippen LogP contribution in [0.3, 0.4) is 0 Å². The van der Waals surface area contributed by atoms with E-state index in [2.05, 4.69) is 20.8 Å². The van der Waals surface area contributed by atoms with Gasteiger partial charge in [0.25, 0.3) is 5.78 Å². The molecule has 0 radical (unpaired) electrons. The molecule has 2 fully saturated rings. The maximum Gasteiger partial charge on any atom is 0.300 e. The number of hydrogen-bond acceptors (Lipinski definition) is 4. The molecule has 2 aliphatic heterocycles. The first-order valence-electron chi connectivity index (χ1n) is 8.22. The van der Waals surface area contributed by atoms with Gasteiger partial charge in [-0.15, -0.1) is 0 Å². The highest BCUT2D eigenvalue weighted by molar-refractivity contribution is 9.10. The molecule has 7 heteroatoms. The monoisotopic (exact) mass is 391 g/mol. The summed E-state index contributed by atoms with van der Waals surface area (Å²) in [6.45, 7) is 3.21. The number of halogens is 1. The van der Waals surface area contributed by atoms with Crippen molar-refractivity contribution in [1.82, 2.24) is 9.80 Å². The number of hydrogen-bond donors (Lipinski definition) is 0. The predicted molar refractivity (Wildman–Crippen MR) is 91.7 cm³/mol. The van der Waals surface area contributed by atoms with Crippen molar-refractivity contribution in [2.75, 3.05) is 37.7 Å². The Morgan fingerprint density at radius 2 is 1.83 bits per heavy atom. The third-order valence-electron chi connectivity index (χ3n) is 4.90. The van der Waals surface area contributed by atoms with Crippen LogP contribution < -0.4 is 4.90 Å². The molecule has 3 aliphatic rings. The molecule has 0 unspecified atom stereocenters. The molecule has 0 aromatic heterocycles. The number of rotatable bonds is 3. The summed E-state index contributed by atoms with van der Waals surface area (Å²) in [5.74, 6) is -0.414. The standard InChI is InChI=1S/C17H18BrN3O3/c18-12-2-1-3-13-14(12)15(22)17(24)21(13)10-19-6-8-20(9-7-19)16(23)11-4-5-11/h1-3,11H,4-10H2. The van der Waals surface area contributed by atoms with Crippen LogP contribution in [0.15, 0.2) is 22.7 Å². The largest absolute Gasteiger partial charge is 0.340 e. The van der Waals surface area contributed by atoms with E-state index in [0.29, 0.717) is 35.5 Å². The Labute approximate surface area is 148 Å². The van der Waals surface area contributed by atoms with Gasteiger partial charge < -0.3 is 4.90 Å². The molecule has 0 bridgehead atoms. The molecule has 2 amide bonds. The zero-order valence-corrected chi connectivity index (χ0v) is 14.8. The molecule has 1 saturated heterocycles. The molecule has 4 rings (SSSR count). The Hall–Kier alpha value is -1.73. The summed E-state index contributed by atoms with van der Waals surface area (Å²) >= 11 is 3.35. The van der Waals surface area contributed by atoms with Crippen molar-refractivity contribution in [3.05, 3.63) is 28.2 Å². The summed E-state index contributed by atoms with van der Waals surface area (Å²) in [5.41, 5.74) is 1.11. The van der Waals surface area contributed by atoms with E-state index < -0.39 is 11.7 Å². The molecule has 1 saturated carbocycles. The van der Waals surface area contributed by atoms with E-state index in [9.17, 15) is 14.4 Å². The van der Waals surface area contributed by atoms with E-state index in [1.165, 1.54) is 0 Å². The molecule has 1 aromatic rings. The van der Waals surface area contributed by atoms with Gasteiger partial charge in [-0.1, -0.05) is 6.07 Å². The van der Waals surface area contributed by atoms with Gasteiger partial charge in [0, 0.05) is 36.6 Å². The number of carbonyl (C=O) groups excluding carboxylic acids is 3. The third-order valence-corrected chi connectivity index (χ3v) is 5.56. The zero-order valence-electron chi connectivity index (χ0n) is 13.2. The smallest absolute Gasteiger partial charge is 0.300 e. The van der Waals surface area contributed by atoms with E-state index in [1.807, 2.05) is 11.0 Å². The summed E-state index contributed by atoms with van der Waals surface area (Å²) < 4.78 is 0.653. The van der Waals surface area contributed by atoms with Crippen LogP contribution in [0.2, 0.25) is 0 Å². The quantitative estimate of drug-likeness (QED) is 0.732. The topological polar surface area (TPSA) is 60.9 Å². The first-order valence-corrected chi connectivity index (χ1v) is 9.01. The van der Waals surface area contributed by atoms with Crippen molar-refractivity contribution < 1.29 is 14.4 Å². The van der Waals surface area contributed by atoms with E-state index in [0.717, 1.165) is 25.9 Å². The first kappa shape index (κ1) is 15.8. The molecular weight excluding hydrogens is 374 g/mol. The van der Waals surface area contributed by atoms with Crippen LogP contribution in [0.25, 0.3) is 0 Å². The molecule has 0 spiro atoms. The second-order valence-corrected chi connectivity index (χ2v) is 7.41. The molecular formula is C17H18BrN3O3. The second-order valence-electron chi connectivity index (χ2n) is 6.56. The van der Waals surface area contributed by atoms with Crippen LogP contribution in [0.5, 0.6) is 0 Å². The number of ketones is 1. The summed E-state index contributed by atoms with van der Waals surface area (Å²) in [7, 11) is 0. The fourth-order valence-corrected chi connectivity index (χ4v) is 3.88. The molecule has 1 aliphatic carbocycles. The lowest BCUT2D eigenvalue weighted by atomic mass is 10.1. The summed E-state index contributed by atoms with van der Waals surface area (Å²) in [6, 6.07) is 5.40. The van der Waals surface area contributed by atoms with Crippen LogP contribution in [0, 0.1) is 5.92 Å². The van der Waals surface area contributed by atoms with E-state index in [1.54, 1.807) is 17.0 Å². The molecule has 0 N–H and O–H groups in total. The summed E-state index contributed by atoms with van der Waals surface area (Å²) in [5, 5.41) is 0. The molecule has 126 valence electrons. The van der Waals surface area contributed by atoms with Gasteiger partial charge in [0.1, 0.15) is 0 Å². The molecule has 0 atom stereocenters. The van der Waals surface area contributed by atoms with E-state index in [-0.39, 0.29) is 11.8 Å². The third kappa shape index (κ3) is 2.65. The van der Waals surface area contributed by atoms with Crippen molar-refractivity contribution in [2.45, 2.75) is 12.8 Å². The highest BCUT2D eigenvalue weighted by Gasteiger charge is 2.39. The minimum atomic E-state index is -0.478. The van der Waals surface area contributed by atoms with Crippen LogP contribution in [-0.4, -0.2) is 60.2 Å². The van der Waals surface area contributed by atoms with E-state index >= 15 is 0 Å². The van der Waals surface area contributed by atoms with Gasteiger partial charge in [0.05, 0.1) is 17.9 Å². The number of benzene rings is 1. The maximum absolute atomic E-state index is 12.3. The SMILES string of the molecule is O=C1C(=O)N(CN2CCN(C(=O)C3CC3)CC2)c2cccc(Br)c21. The maximum atomic E-state index is 12.3. The van der Waals surface area contributed by atoms with Crippen molar-refractivity contribution in [3.8, 4) is 0 Å². The molecule has 24 heavy (non-hydrogen) atoms. The molecule has 6 nitrogen and oxygen atoms in total. The highest BCUT2D eigenvalue weighted by Crippen LogP contribution is 2.34. The van der Waals surface area contributed by atoms with Gasteiger partial charge in [-0.2, -0.15) is 0 Å². The Bertz CT molecular complexity index is 724. The summed E-state index contributed by atoms with van der Waals surface area (Å²) in [6.07, 6.45) is 2.05. The number of fused-ring (bicyclic) bond motifs is 1. The Kier molecular flexibility index (Phi) is 3.92. The predicted octanol–water partition coefficient (Wildman–Crippen LogP) is 1.49. The average Bonchev–Trinajstić information content (AvgIpc) is 3.40. The number of Topliss-reactive ketones (excluding diaryl/α,β-unsaturated/α-hetero) is 1. The lowest BCUT2D eigenvalue weighted by Crippen LogP contribution is -2.52. The Morgan fingerprint density at radius 3 is 2.50 bits per heavy atom. The fraction of sp³-hybridized carbons (Fsp3) is 0.471. The minimum Gasteiger partial charge on any atom is -0.340 e. The van der Waals surface area contributed by atoms with Crippen LogP contribution in [0.4, 0.5) is 5.69 Å². The lowest BCUT2D eigenvalue weighted by Gasteiger charge is -2.36. The van der Waals surface area contributed by atoms with Crippen LogP contribution >= 0.6 is 15.9 Å². The lowest BCUT2D eigenvalue weighted by molar-refractivity contribution is -0.134. The van der Waals surface area contributed by atoms with Gasteiger partial charge in [-0.3, -0.25) is 24.2 Å². The normalized spacial score (nSPS) is 21.4. The number of nitrogens with zero attached hydrogens (tertiary/aromatic N) is 3. The Balaban J connectivity index is 1.43. The molecule has 1 aromatic carbocycles. The number of carbonyl (C=O) groups is 3. The number of amides is 2. The van der Waals surface area contributed by atoms with Crippen molar-refractivity contribution in [2.24, 2.45) is 5.92 Å². The first-order chi connectivity index (χ1) is 11.6. The fourth-order valence-electron chi connectivity index (χ4n) is 3.34. The number of piperazine rings is 1. The van der Waals surface area contributed by atoms with Gasteiger partial charge in [-0.05, 0) is 40.9 Å². The van der Waals surface area contributed by atoms with Crippen molar-refractivity contribution >= 4 is 39.2 Å². The average molecular weight is 392 g/mol. The van der Waals surface area contributed by atoms with Crippen LogP contribution in [0.1, 0.15) is 23.2 Å². The number of anilines is 1. The summed E-state index contributed by atoms with van der Waals surface area (Å²) in [4.78, 5) is 42.2. The van der Waals surface area contributed by atoms with Crippen molar-refractivity contribution in [1.29, 1.82) is 0 Å². The van der Waals surface area contributed by atoms with Gasteiger partial charge >= 0.3 is 5.91 Å². The second kappa shape index (κ2) is 5.97. The zero-order chi connectivity index (χ0) is 16.8. The minimum absolute atomic E-state index is 0.249. The molecule has 2 heterocycles. The van der Waals surface area contributed by atoms with E-state index in [4.69, 9.17) is 0 Å². The van der Waals surface area contributed by atoms with Gasteiger partial charge in [0.15, 0.2) is 0 Å². The van der Waals surface area contributed by atoms with Crippen LogP contribution in [-0.2, 0) is 9.59 Å².